The standard InChI is InChI=1S/C21H13Cl2F4N3O4S.C13H7Cl2F3N2O4S.C8H8FNO/c22-11-7-16(29-35(32,33)13-2-3-15(23)14(9-13)21(25,26)27)19(28-10-11)20(31)30-5-6-34-18-4-1-12(24)8-17(18)30;14-6-3-10(11(12(21)22)19-5-6)20-25(23,24)7-1-2-9(15)8(4-7)13(16,17)18;9-6-1-2-8-7(5-6)10-3-4-11-8/h1-4,7-10,29H,5-6H2;1-5,20H,(H,21,22);1-2,5,10H,3-4H2. The molecule has 15 nitrogen and oxygen atoms in total. The number of hydrogen-bond donors (Lipinski definition) is 4. The zero-order valence-electron chi connectivity index (χ0n) is 35.0. The normalized spacial score (nSPS) is 13.3. The van der Waals surface area contributed by atoms with E-state index in [0.717, 1.165) is 83.8 Å². The monoisotopic (exact) mass is 1120 g/mol. The van der Waals surface area contributed by atoms with Crippen molar-refractivity contribution >= 4 is 101 Å². The van der Waals surface area contributed by atoms with Gasteiger partial charge in [0.15, 0.2) is 11.4 Å². The number of benzene rings is 4. The number of alkyl halides is 6. The van der Waals surface area contributed by atoms with Crippen LogP contribution in [-0.2, 0) is 32.4 Å². The molecule has 0 fully saturated rings. The van der Waals surface area contributed by atoms with E-state index in [1.807, 2.05) is 4.72 Å². The van der Waals surface area contributed by atoms with Gasteiger partial charge in [-0.25, -0.2) is 40.4 Å². The van der Waals surface area contributed by atoms with Crippen molar-refractivity contribution in [2.75, 3.05) is 46.0 Å². The molecule has 1 amide bonds. The summed E-state index contributed by atoms with van der Waals surface area (Å²) in [5.74, 6) is -2.29. The summed E-state index contributed by atoms with van der Waals surface area (Å²) < 4.78 is 170. The Hall–Kier alpha value is -6.38. The number of carbonyl (C=O) groups excluding carboxylic acids is 1. The summed E-state index contributed by atoms with van der Waals surface area (Å²) in [5, 5.41) is 10.5. The number of hydrogen-bond acceptors (Lipinski definition) is 11. The van der Waals surface area contributed by atoms with Crippen molar-refractivity contribution in [2.24, 2.45) is 0 Å². The highest BCUT2D eigenvalue weighted by Crippen LogP contribution is 2.39. The summed E-state index contributed by atoms with van der Waals surface area (Å²) in [6, 6.07) is 14.1. The Kier molecular flexibility index (Phi) is 16.4. The van der Waals surface area contributed by atoms with Crippen LogP contribution in [0.25, 0.3) is 0 Å². The number of carboxylic acids is 1. The Morgan fingerprint density at radius 3 is 1.65 bits per heavy atom. The lowest BCUT2D eigenvalue weighted by Gasteiger charge is -2.29. The van der Waals surface area contributed by atoms with Crippen LogP contribution in [0.15, 0.2) is 107 Å². The lowest BCUT2D eigenvalue weighted by atomic mass is 10.2. The van der Waals surface area contributed by atoms with Crippen LogP contribution in [0.4, 0.5) is 57.9 Å². The van der Waals surface area contributed by atoms with Crippen LogP contribution in [0.5, 0.6) is 11.5 Å². The van der Waals surface area contributed by atoms with Crippen molar-refractivity contribution in [3.05, 3.63) is 152 Å². The maximum Gasteiger partial charge on any atom is 0.417 e. The minimum Gasteiger partial charge on any atom is -0.490 e. The molecule has 2 aromatic heterocycles. The molecule has 0 radical (unpaired) electrons. The number of nitrogens with one attached hydrogen (secondary N) is 3. The van der Waals surface area contributed by atoms with Gasteiger partial charge in [-0.3, -0.25) is 19.1 Å². The van der Waals surface area contributed by atoms with E-state index in [9.17, 15) is 61.5 Å². The van der Waals surface area contributed by atoms with E-state index in [2.05, 4.69) is 20.0 Å². The van der Waals surface area contributed by atoms with Gasteiger partial charge in [0.05, 0.1) is 70.3 Å². The zero-order chi connectivity index (χ0) is 52.2. The van der Waals surface area contributed by atoms with Crippen LogP contribution in [-0.4, -0.2) is 70.1 Å². The predicted molar refractivity (Wildman–Crippen MR) is 244 cm³/mol. The van der Waals surface area contributed by atoms with Crippen LogP contribution in [0.3, 0.4) is 0 Å². The smallest absolute Gasteiger partial charge is 0.417 e. The molecule has 2 aliphatic heterocycles. The summed E-state index contributed by atoms with van der Waals surface area (Å²) >= 11 is 22.6. The highest BCUT2D eigenvalue weighted by atomic mass is 35.5. The van der Waals surface area contributed by atoms with Crippen LogP contribution in [0.1, 0.15) is 32.1 Å². The van der Waals surface area contributed by atoms with Gasteiger partial charge in [-0.05, 0) is 72.8 Å². The molecule has 0 saturated heterocycles. The van der Waals surface area contributed by atoms with Gasteiger partial charge >= 0.3 is 18.3 Å². The number of carboxylic acid groups (broad SMARTS) is 1. The van der Waals surface area contributed by atoms with E-state index >= 15 is 0 Å². The summed E-state index contributed by atoms with van der Waals surface area (Å²) in [6.07, 6.45) is -7.71. The van der Waals surface area contributed by atoms with E-state index in [0.29, 0.717) is 18.7 Å². The van der Waals surface area contributed by atoms with Gasteiger partial charge in [-0.1, -0.05) is 46.4 Å². The number of nitrogens with zero attached hydrogens (tertiary/aromatic N) is 3. The van der Waals surface area contributed by atoms with Gasteiger partial charge in [0.25, 0.3) is 26.0 Å². The number of pyridine rings is 2. The second-order valence-corrected chi connectivity index (χ2v) is 19.3. The van der Waals surface area contributed by atoms with Gasteiger partial charge in [0.2, 0.25) is 0 Å². The number of aromatic carboxylic acids is 1. The molecule has 71 heavy (non-hydrogen) atoms. The lowest BCUT2D eigenvalue weighted by molar-refractivity contribution is -0.138. The number of anilines is 4. The Morgan fingerprint density at radius 2 is 1.13 bits per heavy atom. The molecule has 4 aromatic carbocycles. The van der Waals surface area contributed by atoms with E-state index in [4.69, 9.17) is 61.0 Å². The molecule has 4 N–H and O–H groups in total. The highest BCUT2D eigenvalue weighted by molar-refractivity contribution is 7.93. The number of ether oxygens (including phenoxy) is 2. The first-order chi connectivity index (χ1) is 33.1. The molecule has 29 heteroatoms. The number of carbonyl (C=O) groups is 2. The average Bonchev–Trinajstić information content (AvgIpc) is 3.28. The third kappa shape index (κ3) is 13.3. The predicted octanol–water partition coefficient (Wildman–Crippen LogP) is 10.9. The quantitative estimate of drug-likeness (QED) is 0.105. The second kappa shape index (κ2) is 21.5. The highest BCUT2D eigenvalue weighted by Gasteiger charge is 2.37. The summed E-state index contributed by atoms with van der Waals surface area (Å²) in [4.78, 5) is 31.4. The second-order valence-electron chi connectivity index (χ2n) is 14.2. The Balaban J connectivity index is 0.000000198. The molecular weight excluding hydrogens is 1090 g/mol. The number of fused-ring (bicyclic) bond motifs is 2. The first kappa shape index (κ1) is 54.0. The molecule has 6 aromatic rings. The van der Waals surface area contributed by atoms with Crippen molar-refractivity contribution in [3.63, 3.8) is 0 Å². The largest absolute Gasteiger partial charge is 0.490 e. The number of aromatic nitrogens is 2. The van der Waals surface area contributed by atoms with Crippen LogP contribution in [0.2, 0.25) is 20.1 Å². The SMILES string of the molecule is Fc1ccc2c(c1)NCCO2.O=C(O)c1ncc(Cl)cc1NS(=O)(=O)c1ccc(Cl)c(C(F)(F)F)c1.O=C(c1ncc(Cl)cc1NS(=O)(=O)c1ccc(Cl)c(C(F)(F)F)c1)N1CCOc2ccc(F)cc21. The minimum atomic E-state index is -4.90. The number of sulfonamides is 2. The third-order valence-electron chi connectivity index (χ3n) is 9.36. The van der Waals surface area contributed by atoms with Crippen molar-refractivity contribution in [2.45, 2.75) is 22.1 Å². The van der Waals surface area contributed by atoms with E-state index < -0.39 is 104 Å². The van der Waals surface area contributed by atoms with Gasteiger partial charge in [0.1, 0.15) is 36.3 Å². The molecule has 0 spiro atoms. The van der Waals surface area contributed by atoms with Crippen molar-refractivity contribution in [1.29, 1.82) is 0 Å². The van der Waals surface area contributed by atoms with Gasteiger partial charge in [-0.2, -0.15) is 26.3 Å². The number of amides is 1. The fraction of sp³-hybridized carbons (Fsp3) is 0.143. The molecule has 8 rings (SSSR count). The molecule has 2 aliphatic rings. The fourth-order valence-electron chi connectivity index (χ4n) is 6.20. The van der Waals surface area contributed by atoms with E-state index in [1.165, 1.54) is 18.2 Å². The third-order valence-corrected chi connectivity index (χ3v) is 13.2. The van der Waals surface area contributed by atoms with Crippen molar-refractivity contribution < 1.29 is 76.1 Å². The fourth-order valence-corrected chi connectivity index (χ4v) is 9.13. The summed E-state index contributed by atoms with van der Waals surface area (Å²) in [7, 11) is -9.20. The number of halogens is 12. The van der Waals surface area contributed by atoms with Crippen molar-refractivity contribution in [3.8, 4) is 11.5 Å². The maximum atomic E-state index is 13.8. The molecule has 4 heterocycles. The Morgan fingerprint density at radius 1 is 0.648 bits per heavy atom. The number of rotatable bonds is 8. The summed E-state index contributed by atoms with van der Waals surface area (Å²) in [6.45, 7) is 1.47. The molecule has 376 valence electrons. The molecular formula is C42H28Cl4F8N6O9S2. The average molecular weight is 1120 g/mol. The molecule has 0 unspecified atom stereocenters. The van der Waals surface area contributed by atoms with E-state index in [-0.39, 0.29) is 40.5 Å². The molecule has 0 aliphatic carbocycles. The van der Waals surface area contributed by atoms with Gasteiger partial charge in [0, 0.05) is 31.1 Å². The van der Waals surface area contributed by atoms with E-state index in [1.54, 1.807) is 6.07 Å². The maximum absolute atomic E-state index is 13.8. The van der Waals surface area contributed by atoms with Crippen molar-refractivity contribution in [1.82, 2.24) is 9.97 Å². The summed E-state index contributed by atoms with van der Waals surface area (Å²) in [5.41, 5.74) is -3.83. The molecule has 0 atom stereocenters. The first-order valence-corrected chi connectivity index (χ1v) is 23.9. The molecule has 0 bridgehead atoms. The van der Waals surface area contributed by atoms with Gasteiger partial charge in [-0.15, -0.1) is 0 Å². The zero-order valence-corrected chi connectivity index (χ0v) is 39.6. The van der Waals surface area contributed by atoms with Gasteiger partial charge < -0.3 is 19.9 Å². The lowest BCUT2D eigenvalue weighted by Crippen LogP contribution is -2.39. The Bertz CT molecular complexity index is 3270. The van der Waals surface area contributed by atoms with Crippen LogP contribution >= 0.6 is 46.4 Å². The Labute approximate surface area is 416 Å². The first-order valence-electron chi connectivity index (χ1n) is 19.4. The topological polar surface area (TPSA) is 206 Å². The van der Waals surface area contributed by atoms with Crippen LogP contribution in [0, 0.1) is 11.6 Å². The van der Waals surface area contributed by atoms with Crippen LogP contribution < -0.4 is 29.1 Å². The molecule has 0 saturated carbocycles. The minimum absolute atomic E-state index is 0.00207.